The molecule has 0 radical (unpaired) electrons. The van der Waals surface area contributed by atoms with Gasteiger partial charge in [0.1, 0.15) is 5.82 Å². The molecule has 0 aliphatic carbocycles. The highest BCUT2D eigenvalue weighted by molar-refractivity contribution is 7.18. The highest BCUT2D eigenvalue weighted by atomic mass is 32.1. The van der Waals surface area contributed by atoms with Crippen molar-refractivity contribution in [1.82, 2.24) is 15.2 Å². The Hall–Kier alpha value is -2.31. The zero-order valence-corrected chi connectivity index (χ0v) is 15.2. The predicted molar refractivity (Wildman–Crippen MR) is 99.5 cm³/mol. The van der Waals surface area contributed by atoms with Crippen LogP contribution in [-0.2, 0) is 0 Å². The first-order chi connectivity index (χ1) is 11.9. The Kier molecular flexibility index (Phi) is 5.11. The maximum atomic E-state index is 13.1. The van der Waals surface area contributed by atoms with Gasteiger partial charge in [0.2, 0.25) is 0 Å². The molecule has 1 heterocycles. The van der Waals surface area contributed by atoms with Gasteiger partial charge in [-0.1, -0.05) is 12.1 Å². The van der Waals surface area contributed by atoms with Gasteiger partial charge in [-0.2, -0.15) is 0 Å². The van der Waals surface area contributed by atoms with Crippen molar-refractivity contribution in [3.63, 3.8) is 0 Å². The van der Waals surface area contributed by atoms with E-state index in [0.717, 1.165) is 20.8 Å². The predicted octanol–water partition coefficient (Wildman–Crippen LogP) is 3.78. The number of hydrogen-bond acceptors (Lipinski definition) is 4. The van der Waals surface area contributed by atoms with E-state index in [1.807, 2.05) is 38.1 Å². The number of rotatable bonds is 5. The Balaban J connectivity index is 1.73. The van der Waals surface area contributed by atoms with Crippen LogP contribution in [-0.4, -0.2) is 36.4 Å². The quantitative estimate of drug-likeness (QED) is 0.756. The van der Waals surface area contributed by atoms with Crippen molar-refractivity contribution >= 4 is 27.5 Å². The number of carbonyl (C=O) groups is 1. The molecule has 130 valence electrons. The summed E-state index contributed by atoms with van der Waals surface area (Å²) in [4.78, 5) is 18.9. The van der Waals surface area contributed by atoms with Gasteiger partial charge in [-0.3, -0.25) is 4.79 Å². The summed E-state index contributed by atoms with van der Waals surface area (Å²) in [5.74, 6) is -0.389. The molecule has 1 atom stereocenters. The molecule has 0 spiro atoms. The molecule has 0 bridgehead atoms. The Morgan fingerprint density at radius 2 is 1.96 bits per heavy atom. The van der Waals surface area contributed by atoms with Crippen molar-refractivity contribution in [2.45, 2.75) is 13.0 Å². The Bertz CT molecular complexity index is 889. The average molecular weight is 357 g/mol. The van der Waals surface area contributed by atoms with E-state index in [1.54, 1.807) is 29.5 Å². The van der Waals surface area contributed by atoms with E-state index in [0.29, 0.717) is 12.1 Å². The lowest BCUT2D eigenvalue weighted by atomic mass is 10.1. The van der Waals surface area contributed by atoms with E-state index in [2.05, 4.69) is 10.3 Å². The zero-order chi connectivity index (χ0) is 18.0. The average Bonchev–Trinajstić information content (AvgIpc) is 2.95. The maximum absolute atomic E-state index is 13.1. The molecule has 0 saturated heterocycles. The summed E-state index contributed by atoms with van der Waals surface area (Å²) in [7, 11) is 3.87. The first kappa shape index (κ1) is 17.5. The molecule has 1 amide bonds. The summed E-state index contributed by atoms with van der Waals surface area (Å²) in [6.07, 6.45) is 0. The molecular formula is C19H20FN3OS. The van der Waals surface area contributed by atoms with Crippen LogP contribution >= 0.6 is 11.3 Å². The second-order valence-corrected chi connectivity index (χ2v) is 7.39. The van der Waals surface area contributed by atoms with E-state index in [9.17, 15) is 9.18 Å². The number of nitrogens with zero attached hydrogens (tertiary/aromatic N) is 2. The van der Waals surface area contributed by atoms with Crippen LogP contribution in [0.1, 0.15) is 27.0 Å². The van der Waals surface area contributed by atoms with E-state index in [4.69, 9.17) is 0 Å². The first-order valence-electron chi connectivity index (χ1n) is 8.01. The van der Waals surface area contributed by atoms with Crippen LogP contribution in [0.2, 0.25) is 0 Å². The molecule has 3 aromatic rings. The van der Waals surface area contributed by atoms with Crippen LogP contribution in [0.25, 0.3) is 10.2 Å². The van der Waals surface area contributed by atoms with Gasteiger partial charge in [0, 0.05) is 12.1 Å². The van der Waals surface area contributed by atoms with Gasteiger partial charge in [-0.05, 0) is 56.9 Å². The largest absolute Gasteiger partial charge is 0.350 e. The maximum Gasteiger partial charge on any atom is 0.251 e. The monoisotopic (exact) mass is 357 g/mol. The number of hydrogen-bond donors (Lipinski definition) is 1. The fourth-order valence-electron chi connectivity index (χ4n) is 2.76. The lowest BCUT2D eigenvalue weighted by molar-refractivity contribution is 0.0942. The number of aryl methyl sites for hydroxylation is 1. The normalized spacial score (nSPS) is 12.5. The van der Waals surface area contributed by atoms with E-state index >= 15 is 0 Å². The number of likely N-dealkylation sites (N-methyl/N-ethyl adjacent to an activating group) is 1. The number of thiazole rings is 1. The summed E-state index contributed by atoms with van der Waals surface area (Å²) in [5.41, 5.74) is 2.49. The molecule has 0 aliphatic rings. The number of nitrogens with one attached hydrogen (secondary N) is 1. The van der Waals surface area contributed by atoms with Gasteiger partial charge in [0.05, 0.1) is 21.3 Å². The molecule has 1 unspecified atom stereocenters. The van der Waals surface area contributed by atoms with Gasteiger partial charge in [0.15, 0.2) is 0 Å². The number of benzene rings is 2. The summed E-state index contributed by atoms with van der Waals surface area (Å²) in [6.45, 7) is 2.39. The molecular weight excluding hydrogens is 337 g/mol. The van der Waals surface area contributed by atoms with Crippen molar-refractivity contribution in [2.75, 3.05) is 20.6 Å². The number of carbonyl (C=O) groups excluding carboxylic acids is 1. The van der Waals surface area contributed by atoms with E-state index in [-0.39, 0.29) is 17.8 Å². The number of amides is 1. The molecule has 4 nitrogen and oxygen atoms in total. The third-order valence-electron chi connectivity index (χ3n) is 4.09. The fraction of sp³-hybridized carbons (Fsp3) is 0.263. The molecule has 0 aliphatic heterocycles. The van der Waals surface area contributed by atoms with Crippen molar-refractivity contribution in [1.29, 1.82) is 0 Å². The second-order valence-electron chi connectivity index (χ2n) is 6.16. The molecule has 0 fully saturated rings. The van der Waals surface area contributed by atoms with Gasteiger partial charge in [-0.15, -0.1) is 11.3 Å². The van der Waals surface area contributed by atoms with Gasteiger partial charge < -0.3 is 10.2 Å². The molecule has 25 heavy (non-hydrogen) atoms. The van der Waals surface area contributed by atoms with E-state index in [1.165, 1.54) is 12.1 Å². The number of aromatic nitrogens is 1. The molecule has 2 aromatic carbocycles. The van der Waals surface area contributed by atoms with Crippen molar-refractivity contribution in [2.24, 2.45) is 0 Å². The van der Waals surface area contributed by atoms with Gasteiger partial charge in [-0.25, -0.2) is 9.37 Å². The topological polar surface area (TPSA) is 45.2 Å². The minimum absolute atomic E-state index is 0.0288. The van der Waals surface area contributed by atoms with Crippen LogP contribution < -0.4 is 5.32 Å². The van der Waals surface area contributed by atoms with Gasteiger partial charge in [0.25, 0.3) is 5.91 Å². The van der Waals surface area contributed by atoms with Crippen LogP contribution in [0.4, 0.5) is 4.39 Å². The van der Waals surface area contributed by atoms with Crippen LogP contribution in [0.15, 0.2) is 42.5 Å². The Labute approximate surface area is 150 Å². The Morgan fingerprint density at radius 3 is 2.64 bits per heavy atom. The number of halogens is 1. The Morgan fingerprint density at radius 1 is 1.24 bits per heavy atom. The highest BCUT2D eigenvalue weighted by Crippen LogP contribution is 2.23. The third-order valence-corrected chi connectivity index (χ3v) is 5.03. The van der Waals surface area contributed by atoms with Crippen LogP contribution in [0.3, 0.4) is 0 Å². The zero-order valence-electron chi connectivity index (χ0n) is 14.4. The summed E-state index contributed by atoms with van der Waals surface area (Å²) in [5, 5.41) is 3.96. The molecule has 3 rings (SSSR count). The van der Waals surface area contributed by atoms with Crippen molar-refractivity contribution < 1.29 is 9.18 Å². The third kappa shape index (κ3) is 4.03. The van der Waals surface area contributed by atoms with E-state index < -0.39 is 0 Å². The smallest absolute Gasteiger partial charge is 0.251 e. The van der Waals surface area contributed by atoms with Crippen molar-refractivity contribution in [3.05, 3.63) is 64.4 Å². The standard InChI is InChI=1S/C19H20FN3OS/c1-12-22-16-9-6-14(10-18(16)25-12)19(24)21-11-17(23(2)3)13-4-7-15(20)8-5-13/h4-10,17H,11H2,1-3H3,(H,21,24). The molecule has 6 heteroatoms. The lowest BCUT2D eigenvalue weighted by Crippen LogP contribution is -2.34. The minimum Gasteiger partial charge on any atom is -0.350 e. The lowest BCUT2D eigenvalue weighted by Gasteiger charge is -2.25. The first-order valence-corrected chi connectivity index (χ1v) is 8.83. The number of fused-ring (bicyclic) bond motifs is 1. The highest BCUT2D eigenvalue weighted by Gasteiger charge is 2.16. The van der Waals surface area contributed by atoms with Crippen molar-refractivity contribution in [3.8, 4) is 0 Å². The molecule has 1 aromatic heterocycles. The van der Waals surface area contributed by atoms with Crippen LogP contribution in [0.5, 0.6) is 0 Å². The molecule has 0 saturated carbocycles. The molecule has 1 N–H and O–H groups in total. The summed E-state index contributed by atoms with van der Waals surface area (Å²) >= 11 is 1.58. The summed E-state index contributed by atoms with van der Waals surface area (Å²) < 4.78 is 14.1. The van der Waals surface area contributed by atoms with Gasteiger partial charge >= 0.3 is 0 Å². The SMILES string of the molecule is Cc1nc2ccc(C(=O)NCC(c3ccc(F)cc3)N(C)C)cc2s1. The second kappa shape index (κ2) is 7.29. The minimum atomic E-state index is -0.265. The van der Waals surface area contributed by atoms with Crippen LogP contribution in [0, 0.1) is 12.7 Å². The summed E-state index contributed by atoms with van der Waals surface area (Å²) in [6, 6.07) is 11.9. The fourth-order valence-corrected chi connectivity index (χ4v) is 3.62.